The zero-order valence-electron chi connectivity index (χ0n) is 12.3. The van der Waals surface area contributed by atoms with Crippen LogP contribution in [0.3, 0.4) is 0 Å². The van der Waals surface area contributed by atoms with Gasteiger partial charge in [0.05, 0.1) is 5.56 Å². The molecule has 3 rings (SSSR count). The van der Waals surface area contributed by atoms with Crippen molar-refractivity contribution in [3.05, 3.63) is 40.4 Å². The molecule has 0 amide bonds. The number of hydrogen-bond donors (Lipinski definition) is 0. The minimum atomic E-state index is -4.44. The molecule has 0 radical (unpaired) electrons. The van der Waals surface area contributed by atoms with E-state index in [0.717, 1.165) is 6.07 Å². The molecule has 0 N–H and O–H groups in total. The topological polar surface area (TPSA) is 45.2 Å². The molecule has 0 spiro atoms. The second-order valence-electron chi connectivity index (χ2n) is 5.16. The average Bonchev–Trinajstić information content (AvgIpc) is 2.53. The highest BCUT2D eigenvalue weighted by molar-refractivity contribution is 6.32. The molecule has 24 heavy (non-hydrogen) atoms. The van der Waals surface area contributed by atoms with Crippen LogP contribution in [0.15, 0.2) is 24.4 Å². The lowest BCUT2D eigenvalue weighted by atomic mass is 10.2. The van der Waals surface area contributed by atoms with Gasteiger partial charge in [-0.3, -0.25) is 0 Å². The van der Waals surface area contributed by atoms with Crippen LogP contribution in [0.25, 0.3) is 0 Å². The van der Waals surface area contributed by atoms with E-state index in [0.29, 0.717) is 32.0 Å². The molecular formula is C14H12Cl2F3N5. The molecule has 0 atom stereocenters. The Bertz CT molecular complexity index is 712. The third kappa shape index (κ3) is 3.64. The van der Waals surface area contributed by atoms with Crippen molar-refractivity contribution >= 4 is 34.8 Å². The second-order valence-corrected chi connectivity index (χ2v) is 5.89. The number of aromatic nitrogens is 3. The summed E-state index contributed by atoms with van der Waals surface area (Å²) in [4.78, 5) is 15.3. The first-order valence-electron chi connectivity index (χ1n) is 7.07. The summed E-state index contributed by atoms with van der Waals surface area (Å²) in [6.45, 7) is 1.69. The van der Waals surface area contributed by atoms with Gasteiger partial charge in [-0.1, -0.05) is 11.6 Å². The fourth-order valence-corrected chi connectivity index (χ4v) is 2.96. The lowest BCUT2D eigenvalue weighted by molar-refractivity contribution is -0.137. The number of anilines is 2. The Kier molecular flexibility index (Phi) is 4.69. The predicted molar refractivity (Wildman–Crippen MR) is 85.7 cm³/mol. The standard InChI is InChI=1S/C14H12Cl2F3N5/c15-10-8-11(22-13(16)21-10)23-4-6-24(7-5-23)12-9(14(17,18)19)2-1-3-20-12/h1-3,8H,4-7H2. The van der Waals surface area contributed by atoms with Gasteiger partial charge in [0.15, 0.2) is 0 Å². The van der Waals surface area contributed by atoms with Gasteiger partial charge in [0.1, 0.15) is 16.8 Å². The number of alkyl halides is 3. The van der Waals surface area contributed by atoms with Crippen LogP contribution in [0.1, 0.15) is 5.56 Å². The lowest BCUT2D eigenvalue weighted by Crippen LogP contribution is -2.47. The van der Waals surface area contributed by atoms with Crippen molar-refractivity contribution in [3.63, 3.8) is 0 Å². The van der Waals surface area contributed by atoms with Crippen LogP contribution in [0, 0.1) is 0 Å². The fraction of sp³-hybridized carbons (Fsp3) is 0.357. The van der Waals surface area contributed by atoms with Crippen molar-refractivity contribution in [1.82, 2.24) is 15.0 Å². The maximum atomic E-state index is 13.1. The molecule has 1 fully saturated rings. The largest absolute Gasteiger partial charge is 0.419 e. The van der Waals surface area contributed by atoms with E-state index in [1.54, 1.807) is 11.0 Å². The Morgan fingerprint density at radius 1 is 1.00 bits per heavy atom. The number of hydrogen-bond acceptors (Lipinski definition) is 5. The van der Waals surface area contributed by atoms with Crippen molar-refractivity contribution in [3.8, 4) is 0 Å². The highest BCUT2D eigenvalue weighted by atomic mass is 35.5. The molecule has 0 unspecified atom stereocenters. The molecule has 5 nitrogen and oxygen atoms in total. The zero-order chi connectivity index (χ0) is 17.3. The van der Waals surface area contributed by atoms with E-state index >= 15 is 0 Å². The minimum absolute atomic E-state index is 0.0315. The van der Waals surface area contributed by atoms with Crippen molar-refractivity contribution in [2.24, 2.45) is 0 Å². The number of halogens is 5. The van der Waals surface area contributed by atoms with Crippen LogP contribution in [-0.4, -0.2) is 41.1 Å². The van der Waals surface area contributed by atoms with E-state index in [-0.39, 0.29) is 16.3 Å². The first-order chi connectivity index (χ1) is 11.3. The van der Waals surface area contributed by atoms with Crippen molar-refractivity contribution < 1.29 is 13.2 Å². The normalized spacial score (nSPS) is 15.7. The summed E-state index contributed by atoms with van der Waals surface area (Å²) in [5, 5.41) is 0.250. The van der Waals surface area contributed by atoms with Crippen molar-refractivity contribution in [1.29, 1.82) is 0 Å². The van der Waals surface area contributed by atoms with Gasteiger partial charge in [-0.15, -0.1) is 0 Å². The molecule has 0 bridgehead atoms. The highest BCUT2D eigenvalue weighted by Gasteiger charge is 2.36. The molecule has 128 valence electrons. The molecule has 0 aromatic carbocycles. The van der Waals surface area contributed by atoms with E-state index in [1.807, 2.05) is 4.90 Å². The fourth-order valence-electron chi connectivity index (χ4n) is 2.56. The molecule has 0 saturated carbocycles. The molecule has 10 heteroatoms. The smallest absolute Gasteiger partial charge is 0.353 e. The van der Waals surface area contributed by atoms with Gasteiger partial charge in [0.25, 0.3) is 0 Å². The highest BCUT2D eigenvalue weighted by Crippen LogP contribution is 2.35. The number of rotatable bonds is 2. The Morgan fingerprint density at radius 3 is 2.29 bits per heavy atom. The number of piperazine rings is 1. The van der Waals surface area contributed by atoms with Crippen LogP contribution in [0.5, 0.6) is 0 Å². The van der Waals surface area contributed by atoms with E-state index in [9.17, 15) is 13.2 Å². The summed E-state index contributed by atoms with van der Waals surface area (Å²) in [7, 11) is 0. The maximum absolute atomic E-state index is 13.1. The average molecular weight is 378 g/mol. The molecule has 2 aromatic rings. The summed E-state index contributed by atoms with van der Waals surface area (Å²) < 4.78 is 39.3. The first kappa shape index (κ1) is 17.0. The van der Waals surface area contributed by atoms with Crippen molar-refractivity contribution in [2.45, 2.75) is 6.18 Å². The Balaban J connectivity index is 1.76. The Labute approximate surface area is 146 Å². The zero-order valence-corrected chi connectivity index (χ0v) is 13.8. The Hall–Kier alpha value is -1.80. The quantitative estimate of drug-likeness (QED) is 0.591. The first-order valence-corrected chi connectivity index (χ1v) is 7.82. The van der Waals surface area contributed by atoms with E-state index in [4.69, 9.17) is 23.2 Å². The van der Waals surface area contributed by atoms with E-state index in [2.05, 4.69) is 15.0 Å². The Morgan fingerprint density at radius 2 is 1.67 bits per heavy atom. The van der Waals surface area contributed by atoms with Gasteiger partial charge >= 0.3 is 6.18 Å². The molecule has 1 aliphatic heterocycles. The van der Waals surface area contributed by atoms with E-state index < -0.39 is 11.7 Å². The number of pyridine rings is 1. The van der Waals surface area contributed by atoms with Crippen LogP contribution in [0.2, 0.25) is 10.4 Å². The molecule has 1 saturated heterocycles. The summed E-state index contributed by atoms with van der Waals surface area (Å²) in [6, 6.07) is 3.90. The molecular weight excluding hydrogens is 366 g/mol. The van der Waals surface area contributed by atoms with Gasteiger partial charge in [0.2, 0.25) is 5.28 Å². The SMILES string of the molecule is FC(F)(F)c1cccnc1N1CCN(c2cc(Cl)nc(Cl)n2)CC1. The lowest BCUT2D eigenvalue weighted by Gasteiger charge is -2.36. The van der Waals surface area contributed by atoms with Crippen LogP contribution in [0.4, 0.5) is 24.8 Å². The van der Waals surface area contributed by atoms with Crippen molar-refractivity contribution in [2.75, 3.05) is 36.0 Å². The van der Waals surface area contributed by atoms with E-state index in [1.165, 1.54) is 12.3 Å². The van der Waals surface area contributed by atoms with Gasteiger partial charge in [-0.2, -0.15) is 13.2 Å². The summed E-state index contributed by atoms with van der Waals surface area (Å²) >= 11 is 11.6. The summed E-state index contributed by atoms with van der Waals surface area (Å²) in [5.74, 6) is 0.500. The van der Waals surface area contributed by atoms with Crippen LogP contribution in [-0.2, 0) is 6.18 Å². The van der Waals surface area contributed by atoms with Gasteiger partial charge in [-0.05, 0) is 23.7 Å². The van der Waals surface area contributed by atoms with Gasteiger partial charge < -0.3 is 9.80 Å². The third-order valence-corrected chi connectivity index (χ3v) is 4.01. The van der Waals surface area contributed by atoms with Crippen LogP contribution < -0.4 is 9.80 Å². The molecule has 1 aliphatic rings. The van der Waals surface area contributed by atoms with Gasteiger partial charge in [0, 0.05) is 38.4 Å². The van der Waals surface area contributed by atoms with Gasteiger partial charge in [-0.25, -0.2) is 15.0 Å². The third-order valence-electron chi connectivity index (χ3n) is 3.65. The monoisotopic (exact) mass is 377 g/mol. The second kappa shape index (κ2) is 6.60. The minimum Gasteiger partial charge on any atom is -0.353 e. The molecule has 3 heterocycles. The molecule has 0 aliphatic carbocycles. The number of nitrogens with zero attached hydrogens (tertiary/aromatic N) is 5. The van der Waals surface area contributed by atoms with Crippen LogP contribution >= 0.6 is 23.2 Å². The summed E-state index contributed by atoms with van der Waals surface area (Å²) in [6.07, 6.45) is -3.07. The summed E-state index contributed by atoms with van der Waals surface area (Å²) in [5.41, 5.74) is -0.730. The predicted octanol–water partition coefficient (Wildman–Crippen LogP) is 3.52. The maximum Gasteiger partial charge on any atom is 0.419 e. The molecule has 2 aromatic heterocycles.